The van der Waals surface area contributed by atoms with Crippen molar-refractivity contribution in [3.05, 3.63) is 28.8 Å². The van der Waals surface area contributed by atoms with Crippen molar-refractivity contribution in [2.45, 2.75) is 31.2 Å². The molecule has 1 fully saturated rings. The molecule has 1 saturated heterocycles. The Kier molecular flexibility index (Phi) is 7.89. The fourth-order valence-electron chi connectivity index (χ4n) is 3.13. The molecule has 30 heavy (non-hydrogen) atoms. The third-order valence-electron chi connectivity index (χ3n) is 4.98. The molecule has 0 aromatic heterocycles. The number of esters is 1. The van der Waals surface area contributed by atoms with Gasteiger partial charge in [0.1, 0.15) is 0 Å². The molecule has 0 radical (unpaired) electrons. The van der Waals surface area contributed by atoms with Crippen LogP contribution in [-0.2, 0) is 29.4 Å². The number of halogens is 1. The Morgan fingerprint density at radius 1 is 1.23 bits per heavy atom. The zero-order chi connectivity index (χ0) is 22.7. The summed E-state index contributed by atoms with van der Waals surface area (Å²) in [5, 5.41) is -0.0128. The van der Waals surface area contributed by atoms with Crippen molar-refractivity contribution in [3.8, 4) is 0 Å². The van der Waals surface area contributed by atoms with Gasteiger partial charge in [0.05, 0.1) is 27.0 Å². The predicted octanol–water partition coefficient (Wildman–Crippen LogP) is 1.17. The molecule has 1 unspecified atom stereocenters. The highest BCUT2D eigenvalue weighted by Gasteiger charge is 2.33. The molecule has 1 amide bonds. The number of rotatable bonds is 8. The fraction of sp³-hybridized carbons (Fsp3) is 0.556. The van der Waals surface area contributed by atoms with E-state index in [0.29, 0.717) is 6.42 Å². The summed E-state index contributed by atoms with van der Waals surface area (Å²) < 4.78 is 54.7. The van der Waals surface area contributed by atoms with Gasteiger partial charge >= 0.3 is 5.97 Å². The lowest BCUT2D eigenvalue weighted by Gasteiger charge is -2.23. The lowest BCUT2D eigenvalue weighted by atomic mass is 10.2. The maximum absolute atomic E-state index is 12.7. The smallest absolute Gasteiger partial charge is 0.340 e. The van der Waals surface area contributed by atoms with E-state index in [1.165, 1.54) is 28.4 Å². The molecule has 168 valence electrons. The van der Waals surface area contributed by atoms with Gasteiger partial charge in [0, 0.05) is 26.2 Å². The van der Waals surface area contributed by atoms with E-state index in [-0.39, 0.29) is 40.1 Å². The maximum atomic E-state index is 12.7. The van der Waals surface area contributed by atoms with Crippen LogP contribution in [0.5, 0.6) is 0 Å². The minimum absolute atomic E-state index is 0.0124. The lowest BCUT2D eigenvalue weighted by molar-refractivity contribution is -0.134. The summed E-state index contributed by atoms with van der Waals surface area (Å²) in [6.45, 7) is 3.31. The van der Waals surface area contributed by atoms with Gasteiger partial charge < -0.3 is 9.64 Å². The van der Waals surface area contributed by atoms with E-state index in [4.69, 9.17) is 16.3 Å². The normalized spacial score (nSPS) is 18.4. The third-order valence-corrected chi connectivity index (χ3v) is 9.10. The monoisotopic (exact) mass is 480 g/mol. The van der Waals surface area contributed by atoms with E-state index >= 15 is 0 Å². The summed E-state index contributed by atoms with van der Waals surface area (Å²) in [5.74, 6) is -1.62. The zero-order valence-electron chi connectivity index (χ0n) is 17.0. The van der Waals surface area contributed by atoms with Crippen LogP contribution in [0.4, 0.5) is 0 Å². The van der Waals surface area contributed by atoms with Gasteiger partial charge in [-0.1, -0.05) is 25.4 Å². The summed E-state index contributed by atoms with van der Waals surface area (Å²) in [6, 6.07) is 3.24. The maximum Gasteiger partial charge on any atom is 0.340 e. The molecular formula is C18H25ClN2O7S2. The molecule has 2 rings (SSSR count). The summed E-state index contributed by atoms with van der Waals surface area (Å²) in [4.78, 5) is 25.8. The first-order valence-electron chi connectivity index (χ1n) is 9.35. The molecule has 1 heterocycles. The minimum Gasteiger partial charge on any atom is -0.452 e. The van der Waals surface area contributed by atoms with Crippen molar-refractivity contribution in [3.63, 3.8) is 0 Å². The first-order valence-corrected chi connectivity index (χ1v) is 13.0. The number of benzene rings is 1. The lowest BCUT2D eigenvalue weighted by Crippen LogP contribution is -2.40. The summed E-state index contributed by atoms with van der Waals surface area (Å²) in [6.07, 6.45) is 0.329. The molecule has 1 aliphatic rings. The molecule has 1 aromatic carbocycles. The molecule has 0 spiro atoms. The largest absolute Gasteiger partial charge is 0.452 e. The SMILES string of the molecule is CCN(CC)S(=O)(=O)c1ccc(Cl)c(C(=O)OCC(=O)N(C)C2CCS(=O)(=O)C2)c1. The van der Waals surface area contributed by atoms with Gasteiger partial charge in [0.2, 0.25) is 10.0 Å². The molecular weight excluding hydrogens is 456 g/mol. The van der Waals surface area contributed by atoms with Gasteiger partial charge in [-0.05, 0) is 24.6 Å². The van der Waals surface area contributed by atoms with Gasteiger partial charge in [-0.2, -0.15) is 4.31 Å². The van der Waals surface area contributed by atoms with Crippen molar-refractivity contribution in [2.75, 3.05) is 38.2 Å². The third kappa shape index (κ3) is 5.51. The summed E-state index contributed by atoms with van der Waals surface area (Å²) >= 11 is 6.03. The second-order valence-corrected chi connectivity index (χ2v) is 11.4. The van der Waals surface area contributed by atoms with Crippen LogP contribution in [0, 0.1) is 0 Å². The van der Waals surface area contributed by atoms with Crippen molar-refractivity contribution in [2.24, 2.45) is 0 Å². The second-order valence-electron chi connectivity index (χ2n) is 6.87. The number of sulfone groups is 1. The first-order chi connectivity index (χ1) is 13.9. The number of carbonyl (C=O) groups is 2. The standard InChI is InChI=1S/C18H25ClN2O7S2/c1-4-21(5-2)30(26,27)14-6-7-16(19)15(10-14)18(23)28-11-17(22)20(3)13-8-9-29(24,25)12-13/h6-7,10,13H,4-5,8-9,11-12H2,1-3H3. The predicted molar refractivity (Wildman–Crippen MR) is 112 cm³/mol. The van der Waals surface area contributed by atoms with Gasteiger partial charge in [0.25, 0.3) is 5.91 Å². The number of carbonyl (C=O) groups excluding carboxylic acids is 2. The van der Waals surface area contributed by atoms with Crippen LogP contribution < -0.4 is 0 Å². The molecule has 1 atom stereocenters. The second kappa shape index (κ2) is 9.63. The molecule has 0 N–H and O–H groups in total. The highest BCUT2D eigenvalue weighted by molar-refractivity contribution is 7.91. The number of sulfonamides is 1. The molecule has 1 aromatic rings. The topological polar surface area (TPSA) is 118 Å². The highest BCUT2D eigenvalue weighted by Crippen LogP contribution is 2.24. The summed E-state index contributed by atoms with van der Waals surface area (Å²) in [7, 11) is -5.52. The fourth-order valence-corrected chi connectivity index (χ4v) is 6.58. The van der Waals surface area contributed by atoms with Crippen LogP contribution in [0.25, 0.3) is 0 Å². The van der Waals surface area contributed by atoms with E-state index in [1.807, 2.05) is 0 Å². The Hall–Kier alpha value is -1.69. The van der Waals surface area contributed by atoms with Crippen molar-refractivity contribution >= 4 is 43.3 Å². The number of hydrogen-bond donors (Lipinski definition) is 0. The first kappa shape index (κ1) is 24.6. The highest BCUT2D eigenvalue weighted by atomic mass is 35.5. The van der Waals surface area contributed by atoms with E-state index < -0.39 is 44.4 Å². The van der Waals surface area contributed by atoms with E-state index in [1.54, 1.807) is 13.8 Å². The number of ether oxygens (including phenoxy) is 1. The van der Waals surface area contributed by atoms with Crippen LogP contribution >= 0.6 is 11.6 Å². The molecule has 12 heteroatoms. The van der Waals surface area contributed by atoms with Crippen LogP contribution in [0.1, 0.15) is 30.6 Å². The van der Waals surface area contributed by atoms with Gasteiger partial charge in [-0.3, -0.25) is 4.79 Å². The van der Waals surface area contributed by atoms with E-state index in [2.05, 4.69) is 0 Å². The van der Waals surface area contributed by atoms with Crippen molar-refractivity contribution < 1.29 is 31.2 Å². The van der Waals surface area contributed by atoms with Gasteiger partial charge in [-0.15, -0.1) is 0 Å². The number of nitrogens with zero attached hydrogens (tertiary/aromatic N) is 2. The quantitative estimate of drug-likeness (QED) is 0.512. The van der Waals surface area contributed by atoms with Crippen molar-refractivity contribution in [1.82, 2.24) is 9.21 Å². The van der Waals surface area contributed by atoms with E-state index in [9.17, 15) is 26.4 Å². The molecule has 1 aliphatic heterocycles. The Labute approximate surface area is 181 Å². The van der Waals surface area contributed by atoms with Crippen molar-refractivity contribution in [1.29, 1.82) is 0 Å². The summed E-state index contributed by atoms with van der Waals surface area (Å²) in [5.41, 5.74) is -0.177. The van der Waals surface area contributed by atoms with Crippen LogP contribution in [-0.4, -0.2) is 82.2 Å². The Morgan fingerprint density at radius 2 is 1.87 bits per heavy atom. The number of amides is 1. The average molecular weight is 481 g/mol. The van der Waals surface area contributed by atoms with Gasteiger partial charge in [0.15, 0.2) is 16.4 Å². The van der Waals surface area contributed by atoms with Gasteiger partial charge in [-0.25, -0.2) is 21.6 Å². The Balaban J connectivity index is 2.11. The van der Waals surface area contributed by atoms with Crippen LogP contribution in [0.2, 0.25) is 5.02 Å². The molecule has 9 nitrogen and oxygen atoms in total. The zero-order valence-corrected chi connectivity index (χ0v) is 19.4. The van der Waals surface area contributed by atoms with Crippen LogP contribution in [0.15, 0.2) is 23.1 Å². The molecule has 0 aliphatic carbocycles. The molecule has 0 saturated carbocycles. The number of hydrogen-bond acceptors (Lipinski definition) is 7. The molecule has 0 bridgehead atoms. The number of likely N-dealkylation sites (N-methyl/N-ethyl adjacent to an activating group) is 1. The van der Waals surface area contributed by atoms with E-state index in [0.717, 1.165) is 6.07 Å². The Morgan fingerprint density at radius 3 is 2.40 bits per heavy atom. The minimum atomic E-state index is -3.81. The Bertz CT molecular complexity index is 1020. The van der Waals surface area contributed by atoms with Crippen LogP contribution in [0.3, 0.4) is 0 Å². The average Bonchev–Trinajstić information content (AvgIpc) is 3.05.